The lowest BCUT2D eigenvalue weighted by molar-refractivity contribution is -0.112. The lowest BCUT2D eigenvalue weighted by Gasteiger charge is -2.07. The highest BCUT2D eigenvalue weighted by molar-refractivity contribution is 6.69. The van der Waals surface area contributed by atoms with Gasteiger partial charge < -0.3 is 5.11 Å². The molecule has 0 amide bonds. The quantitative estimate of drug-likeness (QED) is 0.404. The van der Waals surface area contributed by atoms with E-state index in [4.69, 9.17) is 39.9 Å². The Kier molecular flexibility index (Phi) is 3.49. The van der Waals surface area contributed by atoms with E-state index in [1.54, 1.807) is 0 Å². The number of ketones is 1. The summed E-state index contributed by atoms with van der Waals surface area (Å²) in [6, 6.07) is 0. The van der Waals surface area contributed by atoms with Gasteiger partial charge in [-0.1, -0.05) is 34.8 Å². The highest BCUT2D eigenvalue weighted by atomic mass is 35.6. The van der Waals surface area contributed by atoms with Gasteiger partial charge in [0.1, 0.15) is 5.76 Å². The minimum Gasteiger partial charge on any atom is -0.508 e. The second kappa shape index (κ2) is 3.46. The van der Waals surface area contributed by atoms with Crippen LogP contribution in [0.3, 0.4) is 0 Å². The number of hydrogen-bond donors (Lipinski definition) is 1. The molecule has 0 aromatic rings. The fourth-order valence-corrected chi connectivity index (χ4v) is 0.438. The van der Waals surface area contributed by atoms with E-state index in [1.165, 1.54) is 6.92 Å². The van der Waals surface area contributed by atoms with Crippen molar-refractivity contribution in [1.29, 1.82) is 0 Å². The van der Waals surface area contributed by atoms with Crippen LogP contribution in [0, 0.1) is 0 Å². The van der Waals surface area contributed by atoms with Crippen molar-refractivity contribution in [2.24, 2.45) is 0 Å². The highest BCUT2D eigenvalue weighted by Gasteiger charge is 2.25. The number of carbonyl (C=O) groups excluding carboxylic acids is 1. The van der Waals surface area contributed by atoms with Gasteiger partial charge in [-0.25, -0.2) is 0 Å². The summed E-state index contributed by atoms with van der Waals surface area (Å²) < 4.78 is -1.90. The van der Waals surface area contributed by atoms with Crippen LogP contribution in [-0.4, -0.2) is 14.7 Å². The molecule has 58 valence electrons. The summed E-state index contributed by atoms with van der Waals surface area (Å²) >= 11 is 15.6. The average Bonchev–Trinajstić information content (AvgIpc) is 1.60. The fourth-order valence-electron chi connectivity index (χ4n) is 0.274. The predicted molar refractivity (Wildman–Crippen MR) is 41.7 cm³/mol. The number of allylic oxidation sites excluding steroid dienone is 2. The zero-order valence-corrected chi connectivity index (χ0v) is 7.33. The molecule has 0 aliphatic rings. The zero-order valence-electron chi connectivity index (χ0n) is 5.07. The van der Waals surface area contributed by atoms with Crippen molar-refractivity contribution >= 4 is 40.6 Å². The van der Waals surface area contributed by atoms with E-state index < -0.39 is 9.55 Å². The molecule has 2 nitrogen and oxygen atoms in total. The molecule has 0 unspecified atom stereocenters. The third-order valence-electron chi connectivity index (χ3n) is 0.630. The molecule has 0 aliphatic heterocycles. The number of hydrogen-bond acceptors (Lipinski definition) is 2. The summed E-state index contributed by atoms with van der Waals surface area (Å²) in [5, 5.41) is 8.80. The van der Waals surface area contributed by atoms with Gasteiger partial charge in [-0.05, 0) is 6.92 Å². The Labute approximate surface area is 73.4 Å². The minimum absolute atomic E-state index is 0.371. The monoisotopic (exact) mass is 202 g/mol. The fraction of sp³-hybridized carbons (Fsp3) is 0.400. The molecule has 0 atom stereocenters. The van der Waals surface area contributed by atoms with Crippen LogP contribution in [0.5, 0.6) is 0 Å². The lowest BCUT2D eigenvalue weighted by Crippen LogP contribution is -2.07. The number of aliphatic hydroxyl groups is 1. The van der Waals surface area contributed by atoms with Gasteiger partial charge in [0.15, 0.2) is 5.78 Å². The van der Waals surface area contributed by atoms with Gasteiger partial charge in [-0.15, -0.1) is 0 Å². The molecule has 0 aromatic heterocycles. The molecule has 0 rings (SSSR count). The maximum atomic E-state index is 10.3. The molecule has 5 heteroatoms. The van der Waals surface area contributed by atoms with E-state index in [1.807, 2.05) is 0 Å². The summed E-state index contributed by atoms with van der Waals surface area (Å²) in [6.07, 6.45) is 0.854. The van der Waals surface area contributed by atoms with Gasteiger partial charge in [-0.3, -0.25) is 4.79 Å². The summed E-state index contributed by atoms with van der Waals surface area (Å²) in [6.45, 7) is 1.24. The smallest absolute Gasteiger partial charge is 0.247 e. The molecule has 0 heterocycles. The van der Waals surface area contributed by atoms with Crippen molar-refractivity contribution < 1.29 is 9.90 Å². The van der Waals surface area contributed by atoms with Gasteiger partial charge >= 0.3 is 0 Å². The number of aliphatic hydroxyl groups excluding tert-OH is 1. The SMILES string of the molecule is CC(=O)/C=C(/O)C(Cl)(Cl)Cl. The summed E-state index contributed by atoms with van der Waals surface area (Å²) in [5.41, 5.74) is 0. The van der Waals surface area contributed by atoms with E-state index in [9.17, 15) is 4.79 Å². The summed E-state index contributed by atoms with van der Waals surface area (Å²) in [5.74, 6) is -0.936. The van der Waals surface area contributed by atoms with Crippen molar-refractivity contribution in [3.05, 3.63) is 11.8 Å². The molecule has 0 bridgehead atoms. The second-order valence-electron chi connectivity index (χ2n) is 1.64. The first-order chi connectivity index (χ1) is 4.34. The summed E-state index contributed by atoms with van der Waals surface area (Å²) in [4.78, 5) is 10.3. The maximum absolute atomic E-state index is 10.3. The topological polar surface area (TPSA) is 37.3 Å². The van der Waals surface area contributed by atoms with Gasteiger partial charge in [0.25, 0.3) is 0 Å². The van der Waals surface area contributed by atoms with E-state index in [-0.39, 0.29) is 5.78 Å². The number of rotatable bonds is 1. The molecule has 0 radical (unpaired) electrons. The highest BCUT2D eigenvalue weighted by Crippen LogP contribution is 2.32. The van der Waals surface area contributed by atoms with Gasteiger partial charge in [0, 0.05) is 6.08 Å². The molecule has 0 aromatic carbocycles. The molecule has 0 saturated carbocycles. The number of alkyl halides is 3. The van der Waals surface area contributed by atoms with Crippen LogP contribution in [-0.2, 0) is 4.79 Å². The normalized spacial score (nSPS) is 13.4. The number of halogens is 3. The summed E-state index contributed by atoms with van der Waals surface area (Å²) in [7, 11) is 0. The van der Waals surface area contributed by atoms with Crippen molar-refractivity contribution in [1.82, 2.24) is 0 Å². The third kappa shape index (κ3) is 3.99. The third-order valence-corrected chi connectivity index (χ3v) is 1.21. The minimum atomic E-state index is -1.90. The van der Waals surface area contributed by atoms with Crippen molar-refractivity contribution in [2.75, 3.05) is 0 Å². The van der Waals surface area contributed by atoms with Crippen LogP contribution >= 0.6 is 34.8 Å². The predicted octanol–water partition coefficient (Wildman–Crippen LogP) is 2.39. The van der Waals surface area contributed by atoms with Crippen LogP contribution in [0.2, 0.25) is 0 Å². The molecule has 0 spiro atoms. The molecule has 0 aliphatic carbocycles. The Balaban J connectivity index is 4.35. The van der Waals surface area contributed by atoms with Gasteiger partial charge in [0.2, 0.25) is 3.79 Å². The van der Waals surface area contributed by atoms with E-state index in [0.29, 0.717) is 0 Å². The van der Waals surface area contributed by atoms with E-state index in [2.05, 4.69) is 0 Å². The standard InChI is InChI=1S/C5H5Cl3O2/c1-3(9)2-4(10)5(6,7)8/h2,10H,1H3/b4-2+. The van der Waals surface area contributed by atoms with Crippen LogP contribution in [0.1, 0.15) is 6.92 Å². The Morgan fingerprint density at radius 2 is 1.90 bits per heavy atom. The molecule has 1 N–H and O–H groups in total. The first kappa shape index (κ1) is 10.1. The Morgan fingerprint density at radius 3 is 2.00 bits per heavy atom. The largest absolute Gasteiger partial charge is 0.508 e. The van der Waals surface area contributed by atoms with Crippen LogP contribution in [0.25, 0.3) is 0 Å². The average molecular weight is 203 g/mol. The van der Waals surface area contributed by atoms with Crippen LogP contribution in [0.15, 0.2) is 11.8 Å². The van der Waals surface area contributed by atoms with E-state index >= 15 is 0 Å². The van der Waals surface area contributed by atoms with Crippen LogP contribution < -0.4 is 0 Å². The molecular formula is C5H5Cl3O2. The van der Waals surface area contributed by atoms with Gasteiger partial charge in [-0.2, -0.15) is 0 Å². The number of carbonyl (C=O) groups is 1. The molecule has 0 saturated heterocycles. The second-order valence-corrected chi connectivity index (χ2v) is 3.92. The Morgan fingerprint density at radius 1 is 1.50 bits per heavy atom. The van der Waals surface area contributed by atoms with Crippen molar-refractivity contribution in [3.63, 3.8) is 0 Å². The van der Waals surface area contributed by atoms with E-state index in [0.717, 1.165) is 6.08 Å². The first-order valence-corrected chi connectivity index (χ1v) is 3.46. The zero-order chi connectivity index (χ0) is 8.36. The molecular weight excluding hydrogens is 198 g/mol. The Hall–Kier alpha value is 0.0800. The van der Waals surface area contributed by atoms with Gasteiger partial charge in [0.05, 0.1) is 0 Å². The van der Waals surface area contributed by atoms with Crippen molar-refractivity contribution in [3.8, 4) is 0 Å². The molecule has 0 fully saturated rings. The Bertz CT molecular complexity index is 168. The van der Waals surface area contributed by atoms with Crippen molar-refractivity contribution in [2.45, 2.75) is 10.7 Å². The molecule has 10 heavy (non-hydrogen) atoms. The van der Waals surface area contributed by atoms with Crippen LogP contribution in [0.4, 0.5) is 0 Å². The lowest BCUT2D eigenvalue weighted by atomic mass is 10.4. The first-order valence-electron chi connectivity index (χ1n) is 2.32. The maximum Gasteiger partial charge on any atom is 0.247 e.